The molecule has 23 heavy (non-hydrogen) atoms. The molecule has 3 rings (SSSR count). The zero-order valence-electron chi connectivity index (χ0n) is 14.6. The molecule has 2 aromatic heterocycles. The molecule has 124 valence electrons. The lowest BCUT2D eigenvalue weighted by Gasteiger charge is -2.21. The summed E-state index contributed by atoms with van der Waals surface area (Å²) in [4.78, 5) is 19.8. The highest BCUT2D eigenvalue weighted by Crippen LogP contribution is 2.40. The van der Waals surface area contributed by atoms with Crippen LogP contribution in [0.3, 0.4) is 0 Å². The number of amides is 1. The van der Waals surface area contributed by atoms with Crippen molar-refractivity contribution in [3.63, 3.8) is 0 Å². The standard InChI is InChI=1S/C18H26N4O/c1-5-7-10-22(6-2)18(23)14-11-15(13-8-9-13)19-17-16(14)12(3)20-21(17)4/h11,13H,5-10H2,1-4H3. The predicted octanol–water partition coefficient (Wildman–Crippen LogP) is 3.42. The van der Waals surface area contributed by atoms with Crippen molar-refractivity contribution in [3.05, 3.63) is 23.0 Å². The molecule has 0 aliphatic heterocycles. The van der Waals surface area contributed by atoms with Crippen LogP contribution in [0.4, 0.5) is 0 Å². The topological polar surface area (TPSA) is 51.0 Å². The van der Waals surface area contributed by atoms with Crippen LogP contribution in [0.1, 0.15) is 67.2 Å². The molecule has 1 saturated carbocycles. The molecule has 0 atom stereocenters. The maximum Gasteiger partial charge on any atom is 0.254 e. The zero-order valence-corrected chi connectivity index (χ0v) is 14.6. The molecule has 0 spiro atoms. The van der Waals surface area contributed by atoms with Gasteiger partial charge in [0.05, 0.1) is 16.6 Å². The molecule has 0 saturated heterocycles. The van der Waals surface area contributed by atoms with E-state index in [4.69, 9.17) is 4.98 Å². The van der Waals surface area contributed by atoms with E-state index in [0.717, 1.165) is 53.9 Å². The summed E-state index contributed by atoms with van der Waals surface area (Å²) in [7, 11) is 1.90. The van der Waals surface area contributed by atoms with Crippen molar-refractivity contribution in [1.29, 1.82) is 0 Å². The van der Waals surface area contributed by atoms with Crippen molar-refractivity contribution < 1.29 is 4.79 Å². The fraction of sp³-hybridized carbons (Fsp3) is 0.611. The van der Waals surface area contributed by atoms with Gasteiger partial charge in [0.25, 0.3) is 5.91 Å². The molecular formula is C18H26N4O. The number of carbonyl (C=O) groups is 1. The quantitative estimate of drug-likeness (QED) is 0.821. The number of aromatic nitrogens is 3. The lowest BCUT2D eigenvalue weighted by atomic mass is 10.1. The van der Waals surface area contributed by atoms with Crippen molar-refractivity contribution in [2.24, 2.45) is 7.05 Å². The van der Waals surface area contributed by atoms with Crippen molar-refractivity contribution in [3.8, 4) is 0 Å². The molecule has 0 radical (unpaired) electrons. The molecule has 0 unspecified atom stereocenters. The van der Waals surface area contributed by atoms with E-state index in [1.807, 2.05) is 31.9 Å². The number of pyridine rings is 1. The summed E-state index contributed by atoms with van der Waals surface area (Å²) in [6, 6.07) is 2.02. The van der Waals surface area contributed by atoms with Crippen LogP contribution in [0.25, 0.3) is 11.0 Å². The summed E-state index contributed by atoms with van der Waals surface area (Å²) in [6.45, 7) is 7.71. The monoisotopic (exact) mass is 314 g/mol. The van der Waals surface area contributed by atoms with E-state index in [-0.39, 0.29) is 5.91 Å². The van der Waals surface area contributed by atoms with E-state index in [0.29, 0.717) is 5.92 Å². The van der Waals surface area contributed by atoms with Crippen LogP contribution in [0, 0.1) is 6.92 Å². The Morgan fingerprint density at radius 3 is 2.74 bits per heavy atom. The van der Waals surface area contributed by atoms with Crippen LogP contribution >= 0.6 is 0 Å². The van der Waals surface area contributed by atoms with E-state index in [1.54, 1.807) is 4.68 Å². The van der Waals surface area contributed by atoms with Gasteiger partial charge >= 0.3 is 0 Å². The molecule has 1 aliphatic rings. The third kappa shape index (κ3) is 2.96. The summed E-state index contributed by atoms with van der Waals surface area (Å²) >= 11 is 0. The number of fused-ring (bicyclic) bond motifs is 1. The molecule has 1 aliphatic carbocycles. The van der Waals surface area contributed by atoms with Gasteiger partial charge in [-0.1, -0.05) is 13.3 Å². The Hall–Kier alpha value is -1.91. The number of aryl methyl sites for hydroxylation is 2. The Balaban J connectivity index is 2.08. The second kappa shape index (κ2) is 6.30. The maximum atomic E-state index is 13.1. The number of carbonyl (C=O) groups excluding carboxylic acids is 1. The molecule has 1 fully saturated rings. The summed E-state index contributed by atoms with van der Waals surface area (Å²) in [6.07, 6.45) is 4.48. The van der Waals surface area contributed by atoms with Crippen molar-refractivity contribution in [1.82, 2.24) is 19.7 Å². The van der Waals surface area contributed by atoms with E-state index >= 15 is 0 Å². The fourth-order valence-corrected chi connectivity index (χ4v) is 3.14. The molecule has 0 aromatic carbocycles. The number of hydrogen-bond acceptors (Lipinski definition) is 3. The molecule has 1 amide bonds. The van der Waals surface area contributed by atoms with Gasteiger partial charge in [0.1, 0.15) is 0 Å². The van der Waals surface area contributed by atoms with E-state index < -0.39 is 0 Å². The average molecular weight is 314 g/mol. The Kier molecular flexibility index (Phi) is 4.37. The highest BCUT2D eigenvalue weighted by molar-refractivity contribution is 6.06. The zero-order chi connectivity index (χ0) is 16.6. The van der Waals surface area contributed by atoms with Gasteiger partial charge in [-0.15, -0.1) is 0 Å². The van der Waals surface area contributed by atoms with Crippen LogP contribution in [0.2, 0.25) is 0 Å². The lowest BCUT2D eigenvalue weighted by molar-refractivity contribution is 0.0764. The summed E-state index contributed by atoms with van der Waals surface area (Å²) in [5.41, 5.74) is 3.55. The van der Waals surface area contributed by atoms with Gasteiger partial charge < -0.3 is 4.90 Å². The van der Waals surface area contributed by atoms with Gasteiger partial charge in [0, 0.05) is 31.7 Å². The SMILES string of the molecule is CCCCN(CC)C(=O)c1cc(C2CC2)nc2c1c(C)nn2C. The Morgan fingerprint density at radius 2 is 2.13 bits per heavy atom. The summed E-state index contributed by atoms with van der Waals surface area (Å²) in [5.74, 6) is 0.637. The van der Waals surface area contributed by atoms with Gasteiger partial charge in [-0.25, -0.2) is 4.98 Å². The molecule has 2 aromatic rings. The molecule has 0 bridgehead atoms. The lowest BCUT2D eigenvalue weighted by Crippen LogP contribution is -2.32. The van der Waals surface area contributed by atoms with Crippen LogP contribution in [-0.2, 0) is 7.05 Å². The van der Waals surface area contributed by atoms with E-state index in [1.165, 1.54) is 12.8 Å². The van der Waals surface area contributed by atoms with Gasteiger partial charge in [-0.3, -0.25) is 9.48 Å². The normalized spacial score (nSPS) is 14.4. The highest BCUT2D eigenvalue weighted by atomic mass is 16.2. The fourth-order valence-electron chi connectivity index (χ4n) is 3.14. The Bertz CT molecular complexity index is 730. The first-order chi connectivity index (χ1) is 11.1. The van der Waals surface area contributed by atoms with Crippen LogP contribution in [0.15, 0.2) is 6.07 Å². The van der Waals surface area contributed by atoms with Crippen molar-refractivity contribution >= 4 is 16.9 Å². The molecular weight excluding hydrogens is 288 g/mol. The first-order valence-corrected chi connectivity index (χ1v) is 8.70. The number of unbranched alkanes of at least 4 members (excludes halogenated alkanes) is 1. The first kappa shape index (κ1) is 16.0. The van der Waals surface area contributed by atoms with Gasteiger partial charge in [-0.05, 0) is 39.2 Å². The molecule has 5 heteroatoms. The average Bonchev–Trinajstić information content (AvgIpc) is 3.34. The summed E-state index contributed by atoms with van der Waals surface area (Å²) < 4.78 is 1.80. The van der Waals surface area contributed by atoms with E-state index in [2.05, 4.69) is 12.0 Å². The van der Waals surface area contributed by atoms with Gasteiger partial charge in [0.15, 0.2) is 5.65 Å². The van der Waals surface area contributed by atoms with Crippen LogP contribution in [-0.4, -0.2) is 38.7 Å². The van der Waals surface area contributed by atoms with Crippen LogP contribution in [0.5, 0.6) is 0 Å². The second-order valence-corrected chi connectivity index (χ2v) is 6.51. The minimum absolute atomic E-state index is 0.117. The minimum atomic E-state index is 0.117. The third-order valence-corrected chi connectivity index (χ3v) is 4.67. The maximum absolute atomic E-state index is 13.1. The Morgan fingerprint density at radius 1 is 1.39 bits per heavy atom. The first-order valence-electron chi connectivity index (χ1n) is 8.70. The predicted molar refractivity (Wildman–Crippen MR) is 91.7 cm³/mol. The third-order valence-electron chi connectivity index (χ3n) is 4.67. The summed E-state index contributed by atoms with van der Waals surface area (Å²) in [5, 5.41) is 5.40. The Labute approximate surface area is 137 Å². The number of nitrogens with zero attached hydrogens (tertiary/aromatic N) is 4. The molecule has 2 heterocycles. The number of hydrogen-bond donors (Lipinski definition) is 0. The van der Waals surface area contributed by atoms with Gasteiger partial charge in [-0.2, -0.15) is 5.10 Å². The minimum Gasteiger partial charge on any atom is -0.339 e. The van der Waals surface area contributed by atoms with E-state index in [9.17, 15) is 4.79 Å². The highest BCUT2D eigenvalue weighted by Gasteiger charge is 2.29. The second-order valence-electron chi connectivity index (χ2n) is 6.51. The number of rotatable bonds is 6. The van der Waals surface area contributed by atoms with Crippen molar-refractivity contribution in [2.75, 3.05) is 13.1 Å². The largest absolute Gasteiger partial charge is 0.339 e. The van der Waals surface area contributed by atoms with Gasteiger partial charge in [0.2, 0.25) is 0 Å². The van der Waals surface area contributed by atoms with Crippen molar-refractivity contribution in [2.45, 2.75) is 52.4 Å². The molecule has 5 nitrogen and oxygen atoms in total. The molecule has 0 N–H and O–H groups in total. The van der Waals surface area contributed by atoms with Crippen LogP contribution < -0.4 is 0 Å². The smallest absolute Gasteiger partial charge is 0.254 e.